The third-order valence-electron chi connectivity index (χ3n) is 4.43. The first-order valence-corrected chi connectivity index (χ1v) is 9.11. The van der Waals surface area contributed by atoms with Crippen LogP contribution in [0.25, 0.3) is 0 Å². The second kappa shape index (κ2) is 8.78. The Labute approximate surface area is 161 Å². The first-order chi connectivity index (χ1) is 13.2. The zero-order valence-corrected chi connectivity index (χ0v) is 15.5. The summed E-state index contributed by atoms with van der Waals surface area (Å²) in [6.45, 7) is 5.92. The maximum absolute atomic E-state index is 9.12. The molecule has 2 aromatic rings. The van der Waals surface area contributed by atoms with Crippen LogP contribution in [0, 0.1) is 11.3 Å². The molecule has 0 fully saturated rings. The van der Waals surface area contributed by atoms with Gasteiger partial charge in [0.15, 0.2) is 0 Å². The summed E-state index contributed by atoms with van der Waals surface area (Å²) in [6.07, 6.45) is 11.9. The van der Waals surface area contributed by atoms with E-state index in [2.05, 4.69) is 54.9 Å². The van der Waals surface area contributed by atoms with E-state index in [4.69, 9.17) is 5.26 Å². The van der Waals surface area contributed by atoms with Gasteiger partial charge in [-0.3, -0.25) is 0 Å². The fraction of sp³-hybridized carbons (Fsp3) is 0.120. The number of allylic oxidation sites excluding steroid dienone is 7. The van der Waals surface area contributed by atoms with Gasteiger partial charge in [-0.2, -0.15) is 5.26 Å². The number of nitriles is 1. The minimum atomic E-state index is 0.686. The second-order valence-electron chi connectivity index (χ2n) is 6.39. The van der Waals surface area contributed by atoms with Crippen LogP contribution in [0.5, 0.6) is 0 Å². The lowest BCUT2D eigenvalue weighted by molar-refractivity contribution is 1.12. The van der Waals surface area contributed by atoms with Gasteiger partial charge in [-0.1, -0.05) is 68.1 Å². The van der Waals surface area contributed by atoms with Crippen LogP contribution >= 0.6 is 0 Å². The van der Waals surface area contributed by atoms with Crippen LogP contribution in [-0.4, -0.2) is 5.71 Å². The van der Waals surface area contributed by atoms with E-state index in [0.29, 0.717) is 5.56 Å². The van der Waals surface area contributed by atoms with Crippen molar-refractivity contribution in [2.24, 2.45) is 4.99 Å². The zero-order valence-electron chi connectivity index (χ0n) is 15.5. The smallest absolute Gasteiger partial charge is 0.0991 e. The average molecular weight is 350 g/mol. The van der Waals surface area contributed by atoms with Gasteiger partial charge in [0.2, 0.25) is 0 Å². The first-order valence-electron chi connectivity index (χ1n) is 9.11. The molecule has 0 radical (unpaired) electrons. The summed E-state index contributed by atoms with van der Waals surface area (Å²) in [4.78, 5) is 4.59. The van der Waals surface area contributed by atoms with E-state index >= 15 is 0 Å². The quantitative estimate of drug-likeness (QED) is 0.544. The van der Waals surface area contributed by atoms with E-state index in [0.717, 1.165) is 29.8 Å². The minimum absolute atomic E-state index is 0.686. The van der Waals surface area contributed by atoms with E-state index in [9.17, 15) is 0 Å². The van der Waals surface area contributed by atoms with Crippen molar-refractivity contribution >= 4 is 11.4 Å². The molecule has 0 unspecified atom stereocenters. The molecule has 132 valence electrons. The van der Waals surface area contributed by atoms with Gasteiger partial charge in [-0.15, -0.1) is 0 Å². The molecular formula is C25H22N2. The van der Waals surface area contributed by atoms with Crippen molar-refractivity contribution in [2.75, 3.05) is 0 Å². The molecule has 1 aliphatic rings. The van der Waals surface area contributed by atoms with Crippen LogP contribution in [-0.2, 0) is 6.42 Å². The summed E-state index contributed by atoms with van der Waals surface area (Å²) < 4.78 is 0. The fourth-order valence-electron chi connectivity index (χ4n) is 3.03. The number of fused-ring (bicyclic) bond motifs is 1. The molecule has 3 rings (SSSR count). The van der Waals surface area contributed by atoms with E-state index < -0.39 is 0 Å². The molecule has 0 atom stereocenters. The number of hydrogen-bond acceptors (Lipinski definition) is 2. The molecular weight excluding hydrogens is 328 g/mol. The summed E-state index contributed by atoms with van der Waals surface area (Å²) >= 11 is 0. The number of para-hydroxylation sites is 1. The lowest BCUT2D eigenvalue weighted by atomic mass is 9.96. The molecule has 0 N–H and O–H groups in total. The van der Waals surface area contributed by atoms with Gasteiger partial charge in [-0.05, 0) is 53.8 Å². The third-order valence-corrected chi connectivity index (χ3v) is 4.43. The maximum Gasteiger partial charge on any atom is 0.0991 e. The molecule has 2 heteroatoms. The van der Waals surface area contributed by atoms with Crippen LogP contribution in [0.1, 0.15) is 30.0 Å². The Morgan fingerprint density at radius 3 is 2.74 bits per heavy atom. The van der Waals surface area contributed by atoms with Crippen LogP contribution in [0.2, 0.25) is 0 Å². The number of benzene rings is 2. The van der Waals surface area contributed by atoms with Crippen molar-refractivity contribution in [3.8, 4) is 6.07 Å². The van der Waals surface area contributed by atoms with Crippen molar-refractivity contribution < 1.29 is 0 Å². The van der Waals surface area contributed by atoms with Crippen molar-refractivity contribution in [3.05, 3.63) is 113 Å². The Balaban J connectivity index is 1.87. The van der Waals surface area contributed by atoms with Crippen molar-refractivity contribution in [1.82, 2.24) is 0 Å². The molecule has 2 aromatic carbocycles. The standard InChI is InChI=1S/C25H22N2/c1-3-5-9-20(15-21-10-8-11-22(16-21)18-26)14-19(4-2)17-25-23-12-6-7-13-24(23)27-25/h3,5-14,16-17H,1,4,15H2,2H3/b9-5-,19-17-,20-14+. The monoisotopic (exact) mass is 350 g/mol. The van der Waals surface area contributed by atoms with Gasteiger partial charge >= 0.3 is 0 Å². The van der Waals surface area contributed by atoms with Crippen molar-refractivity contribution in [2.45, 2.75) is 19.8 Å². The molecule has 0 spiro atoms. The Kier molecular flexibility index (Phi) is 5.97. The molecule has 1 aliphatic heterocycles. The lowest BCUT2D eigenvalue weighted by Crippen LogP contribution is -2.06. The predicted molar refractivity (Wildman–Crippen MR) is 113 cm³/mol. The second-order valence-corrected chi connectivity index (χ2v) is 6.39. The molecule has 0 amide bonds. The maximum atomic E-state index is 9.12. The summed E-state index contributed by atoms with van der Waals surface area (Å²) in [5, 5.41) is 9.12. The van der Waals surface area contributed by atoms with Gasteiger partial charge in [0.05, 0.1) is 23.0 Å². The topological polar surface area (TPSA) is 36.1 Å². The van der Waals surface area contributed by atoms with E-state index in [1.54, 1.807) is 6.08 Å². The molecule has 0 aromatic heterocycles. The summed E-state index contributed by atoms with van der Waals surface area (Å²) in [5.74, 6) is 0. The van der Waals surface area contributed by atoms with Crippen LogP contribution < -0.4 is 0 Å². The van der Waals surface area contributed by atoms with Crippen LogP contribution in [0.15, 0.2) is 102 Å². The predicted octanol–water partition coefficient (Wildman–Crippen LogP) is 6.24. The largest absolute Gasteiger partial charge is 0.248 e. The van der Waals surface area contributed by atoms with Gasteiger partial charge in [0, 0.05) is 5.56 Å². The fourth-order valence-corrected chi connectivity index (χ4v) is 3.03. The highest BCUT2D eigenvalue weighted by molar-refractivity contribution is 6.19. The summed E-state index contributed by atoms with van der Waals surface area (Å²) in [6, 6.07) is 18.2. The summed E-state index contributed by atoms with van der Waals surface area (Å²) in [5.41, 5.74) is 7.51. The number of hydrogen-bond donors (Lipinski definition) is 0. The molecule has 1 heterocycles. The van der Waals surface area contributed by atoms with Crippen molar-refractivity contribution in [3.63, 3.8) is 0 Å². The van der Waals surface area contributed by atoms with E-state index in [1.807, 2.05) is 42.5 Å². The van der Waals surface area contributed by atoms with Crippen molar-refractivity contribution in [1.29, 1.82) is 5.26 Å². The van der Waals surface area contributed by atoms with Gasteiger partial charge in [-0.25, -0.2) is 4.99 Å². The van der Waals surface area contributed by atoms with Gasteiger partial charge in [0.1, 0.15) is 0 Å². The third kappa shape index (κ3) is 4.59. The molecule has 0 aliphatic carbocycles. The minimum Gasteiger partial charge on any atom is -0.248 e. The SMILES string of the molecule is C=C\C=C/C(=C\C(=C/C1=Nc2ccccc21)CC)Cc1cccc(C#N)c1. The molecule has 0 saturated heterocycles. The van der Waals surface area contributed by atoms with Crippen LogP contribution in [0.3, 0.4) is 0 Å². The van der Waals surface area contributed by atoms with Gasteiger partial charge < -0.3 is 0 Å². The average Bonchev–Trinajstić information content (AvgIpc) is 2.69. The Morgan fingerprint density at radius 1 is 1.15 bits per heavy atom. The highest BCUT2D eigenvalue weighted by Crippen LogP contribution is 2.30. The van der Waals surface area contributed by atoms with Gasteiger partial charge in [0.25, 0.3) is 0 Å². The van der Waals surface area contributed by atoms with E-state index in [1.165, 1.54) is 16.7 Å². The molecule has 0 bridgehead atoms. The normalized spacial score (nSPS) is 13.6. The Bertz CT molecular complexity index is 1010. The highest BCUT2D eigenvalue weighted by atomic mass is 14.8. The molecule has 2 nitrogen and oxygen atoms in total. The molecule has 27 heavy (non-hydrogen) atoms. The number of nitrogens with zero attached hydrogens (tertiary/aromatic N) is 2. The first kappa shape index (κ1) is 18.4. The van der Waals surface area contributed by atoms with Crippen LogP contribution in [0.4, 0.5) is 5.69 Å². The van der Waals surface area contributed by atoms with E-state index in [-0.39, 0.29) is 0 Å². The molecule has 0 saturated carbocycles. The summed E-state index contributed by atoms with van der Waals surface area (Å²) in [7, 11) is 0. The Morgan fingerprint density at radius 2 is 2.00 bits per heavy atom. The number of aliphatic imine (C=N–C) groups is 1. The number of rotatable bonds is 7. The lowest BCUT2D eigenvalue weighted by Gasteiger charge is -2.16. The Hall–Kier alpha value is -3.44. The highest BCUT2D eigenvalue weighted by Gasteiger charge is 2.15. The zero-order chi connectivity index (χ0) is 19.1.